The van der Waals surface area contributed by atoms with Crippen molar-refractivity contribution < 1.29 is 23.2 Å². The number of nitro groups is 1. The van der Waals surface area contributed by atoms with E-state index in [1.807, 2.05) is 0 Å². The maximum Gasteiger partial charge on any atom is 0.342 e. The van der Waals surface area contributed by atoms with Crippen molar-refractivity contribution >= 4 is 17.9 Å². The van der Waals surface area contributed by atoms with E-state index in [1.54, 1.807) is 6.92 Å². The number of nitrogens with zero attached hydrogens (tertiary/aromatic N) is 3. The number of hydrogen-bond acceptors (Lipinski definition) is 5. The summed E-state index contributed by atoms with van der Waals surface area (Å²) in [7, 11) is 0. The fourth-order valence-electron chi connectivity index (χ4n) is 1.99. The summed E-state index contributed by atoms with van der Waals surface area (Å²) in [5.41, 5.74) is -0.351. The predicted molar refractivity (Wildman–Crippen MR) is 80.0 cm³/mol. The molecule has 0 saturated heterocycles. The average Bonchev–Trinajstić information content (AvgIpc) is 2.88. The molecule has 7 nitrogen and oxygen atoms in total. The molecule has 1 aromatic carbocycles. The van der Waals surface area contributed by atoms with Gasteiger partial charge in [0.1, 0.15) is 31.0 Å². The SMILES string of the molecule is Cc1ncc([N+](=O)[O-])n1CCOC(=O)C=Cc1c(F)cccc1F. The maximum atomic E-state index is 13.4. The highest BCUT2D eigenvalue weighted by Gasteiger charge is 2.17. The van der Waals surface area contributed by atoms with E-state index in [0.717, 1.165) is 30.5 Å². The summed E-state index contributed by atoms with van der Waals surface area (Å²) in [5.74, 6) is -2.24. The van der Waals surface area contributed by atoms with Crippen LogP contribution in [0.5, 0.6) is 0 Å². The normalized spacial score (nSPS) is 11.0. The summed E-state index contributed by atoms with van der Waals surface area (Å²) < 4.78 is 32.9. The minimum absolute atomic E-state index is 0.0375. The van der Waals surface area contributed by atoms with Gasteiger partial charge in [0, 0.05) is 18.6 Å². The monoisotopic (exact) mass is 337 g/mol. The lowest BCUT2D eigenvalue weighted by Crippen LogP contribution is -2.12. The summed E-state index contributed by atoms with van der Waals surface area (Å²) in [5, 5.41) is 10.8. The highest BCUT2D eigenvalue weighted by Crippen LogP contribution is 2.14. The molecule has 1 heterocycles. The number of benzene rings is 1. The second-order valence-electron chi connectivity index (χ2n) is 4.71. The summed E-state index contributed by atoms with van der Waals surface area (Å²) in [6, 6.07) is 3.34. The van der Waals surface area contributed by atoms with Gasteiger partial charge < -0.3 is 14.9 Å². The summed E-state index contributed by atoms with van der Waals surface area (Å²) >= 11 is 0. The van der Waals surface area contributed by atoms with Gasteiger partial charge in [-0.15, -0.1) is 0 Å². The molecule has 0 amide bonds. The summed E-state index contributed by atoms with van der Waals surface area (Å²) in [6.45, 7) is 1.46. The number of halogens is 2. The number of esters is 1. The quantitative estimate of drug-likeness (QED) is 0.350. The van der Waals surface area contributed by atoms with Gasteiger partial charge in [-0.2, -0.15) is 0 Å². The van der Waals surface area contributed by atoms with Crippen LogP contribution >= 0.6 is 0 Å². The number of hydrogen-bond donors (Lipinski definition) is 0. The molecule has 0 bridgehead atoms. The largest absolute Gasteiger partial charge is 0.458 e. The standard InChI is InChI=1S/C15H13F2N3O4/c1-10-18-9-14(20(22)23)19(10)7-8-24-15(21)6-5-11-12(16)3-2-4-13(11)17/h2-6,9H,7-8H2,1H3. The van der Waals surface area contributed by atoms with Crippen LogP contribution in [0.3, 0.4) is 0 Å². The first-order chi connectivity index (χ1) is 11.4. The minimum atomic E-state index is -0.821. The Morgan fingerprint density at radius 1 is 1.42 bits per heavy atom. The Morgan fingerprint density at radius 2 is 2.08 bits per heavy atom. The van der Waals surface area contributed by atoms with Crippen LogP contribution < -0.4 is 0 Å². The van der Waals surface area contributed by atoms with Gasteiger partial charge in [-0.1, -0.05) is 6.07 Å². The van der Waals surface area contributed by atoms with Gasteiger partial charge in [0.15, 0.2) is 5.82 Å². The molecule has 2 aromatic rings. The smallest absolute Gasteiger partial charge is 0.342 e. The Bertz CT molecular complexity index is 782. The highest BCUT2D eigenvalue weighted by atomic mass is 19.1. The first-order valence-electron chi connectivity index (χ1n) is 6.85. The Labute approximate surface area is 135 Å². The van der Waals surface area contributed by atoms with E-state index in [0.29, 0.717) is 5.82 Å². The van der Waals surface area contributed by atoms with Crippen LogP contribution in [0, 0.1) is 28.7 Å². The summed E-state index contributed by atoms with van der Waals surface area (Å²) in [4.78, 5) is 25.6. The van der Waals surface area contributed by atoms with Crippen molar-refractivity contribution in [1.82, 2.24) is 9.55 Å². The van der Waals surface area contributed by atoms with Gasteiger partial charge in [-0.25, -0.2) is 23.1 Å². The molecule has 24 heavy (non-hydrogen) atoms. The highest BCUT2D eigenvalue weighted by molar-refractivity contribution is 5.87. The second-order valence-corrected chi connectivity index (χ2v) is 4.71. The zero-order valence-corrected chi connectivity index (χ0v) is 12.6. The maximum absolute atomic E-state index is 13.4. The molecule has 0 radical (unpaired) electrons. The number of ether oxygens (including phenoxy) is 1. The van der Waals surface area contributed by atoms with E-state index in [2.05, 4.69) is 4.98 Å². The molecule has 0 atom stereocenters. The van der Waals surface area contributed by atoms with Crippen molar-refractivity contribution in [2.24, 2.45) is 0 Å². The molecule has 0 saturated carbocycles. The van der Waals surface area contributed by atoms with Crippen LogP contribution in [0.15, 0.2) is 30.5 Å². The lowest BCUT2D eigenvalue weighted by molar-refractivity contribution is -0.392. The molecule has 126 valence electrons. The fraction of sp³-hybridized carbons (Fsp3) is 0.200. The number of rotatable bonds is 6. The molecule has 0 unspecified atom stereocenters. The van der Waals surface area contributed by atoms with Gasteiger partial charge in [-0.3, -0.25) is 0 Å². The van der Waals surface area contributed by atoms with E-state index in [-0.39, 0.29) is 24.5 Å². The van der Waals surface area contributed by atoms with Gasteiger partial charge in [0.05, 0.1) is 0 Å². The fourth-order valence-corrected chi connectivity index (χ4v) is 1.99. The number of carbonyl (C=O) groups is 1. The third kappa shape index (κ3) is 4.00. The van der Waals surface area contributed by atoms with E-state index in [9.17, 15) is 23.7 Å². The van der Waals surface area contributed by atoms with Crippen LogP contribution in [-0.2, 0) is 16.1 Å². The third-order valence-corrected chi connectivity index (χ3v) is 3.17. The van der Waals surface area contributed by atoms with Crippen molar-refractivity contribution in [1.29, 1.82) is 0 Å². The van der Waals surface area contributed by atoms with Crippen molar-refractivity contribution in [2.45, 2.75) is 13.5 Å². The molecule has 0 fully saturated rings. The first kappa shape index (κ1) is 17.3. The topological polar surface area (TPSA) is 87.3 Å². The van der Waals surface area contributed by atoms with Gasteiger partial charge in [0.25, 0.3) is 0 Å². The average molecular weight is 337 g/mol. The molecular weight excluding hydrogens is 324 g/mol. The van der Waals surface area contributed by atoms with Crippen LogP contribution in [0.1, 0.15) is 11.4 Å². The van der Waals surface area contributed by atoms with Crippen LogP contribution in [-0.4, -0.2) is 27.1 Å². The van der Waals surface area contributed by atoms with Crippen molar-refractivity contribution in [3.63, 3.8) is 0 Å². The van der Waals surface area contributed by atoms with Crippen molar-refractivity contribution in [3.8, 4) is 0 Å². The van der Waals surface area contributed by atoms with Crippen LogP contribution in [0.25, 0.3) is 6.08 Å². The van der Waals surface area contributed by atoms with Crippen molar-refractivity contribution in [2.75, 3.05) is 6.61 Å². The molecule has 1 aromatic heterocycles. The Kier molecular flexibility index (Phi) is 5.35. The Morgan fingerprint density at radius 3 is 2.71 bits per heavy atom. The van der Waals surface area contributed by atoms with E-state index in [4.69, 9.17) is 4.74 Å². The zero-order valence-electron chi connectivity index (χ0n) is 12.6. The molecular formula is C15H13F2N3O4. The van der Waals surface area contributed by atoms with Crippen molar-refractivity contribution in [3.05, 3.63) is 63.6 Å². The van der Waals surface area contributed by atoms with Gasteiger partial charge >= 0.3 is 11.8 Å². The first-order valence-corrected chi connectivity index (χ1v) is 6.85. The van der Waals surface area contributed by atoms with E-state index in [1.165, 1.54) is 10.6 Å². The zero-order chi connectivity index (χ0) is 17.7. The minimum Gasteiger partial charge on any atom is -0.458 e. The molecule has 0 aliphatic rings. The molecule has 2 rings (SSSR count). The predicted octanol–water partition coefficient (Wildman–Crippen LogP) is 2.63. The lowest BCUT2D eigenvalue weighted by atomic mass is 10.2. The molecule has 0 aliphatic carbocycles. The molecule has 0 N–H and O–H groups in total. The molecule has 9 heteroatoms. The second kappa shape index (κ2) is 7.44. The lowest BCUT2D eigenvalue weighted by Gasteiger charge is -2.03. The Hall–Kier alpha value is -3.10. The van der Waals surface area contributed by atoms with Crippen LogP contribution in [0.2, 0.25) is 0 Å². The summed E-state index contributed by atoms with van der Waals surface area (Å²) in [6.07, 6.45) is 2.96. The number of carbonyl (C=O) groups excluding carboxylic acids is 1. The van der Waals surface area contributed by atoms with Gasteiger partial charge in [0.2, 0.25) is 0 Å². The number of aryl methyl sites for hydroxylation is 1. The number of aromatic nitrogens is 2. The van der Waals surface area contributed by atoms with E-state index >= 15 is 0 Å². The van der Waals surface area contributed by atoms with Crippen LogP contribution in [0.4, 0.5) is 14.6 Å². The third-order valence-electron chi connectivity index (χ3n) is 3.17. The molecule has 0 spiro atoms. The Balaban J connectivity index is 1.94. The van der Waals surface area contributed by atoms with Gasteiger partial charge in [-0.05, 0) is 23.1 Å². The molecule has 0 aliphatic heterocycles. The number of imidazole rings is 1. The van der Waals surface area contributed by atoms with E-state index < -0.39 is 22.5 Å².